The molecule has 0 unspecified atom stereocenters. The zero-order valence-corrected chi connectivity index (χ0v) is 24.6. The van der Waals surface area contributed by atoms with Gasteiger partial charge >= 0.3 is 0 Å². The highest BCUT2D eigenvalue weighted by molar-refractivity contribution is 14.1. The van der Waals surface area contributed by atoms with Gasteiger partial charge in [0.05, 0.1) is 26.6 Å². The topological polar surface area (TPSA) is 106 Å². The molecule has 0 radical (unpaired) electrons. The van der Waals surface area contributed by atoms with Gasteiger partial charge in [-0.3, -0.25) is 0 Å². The Morgan fingerprint density at radius 3 is 1.62 bits per heavy atom. The van der Waals surface area contributed by atoms with Gasteiger partial charge in [0, 0.05) is 23.5 Å². The first-order valence-electron chi connectivity index (χ1n) is 12.5. The summed E-state index contributed by atoms with van der Waals surface area (Å²) in [5.74, 6) is 1.26. The molecule has 4 aromatic heterocycles. The van der Waals surface area contributed by atoms with Crippen molar-refractivity contribution in [1.82, 2.24) is 29.5 Å². The summed E-state index contributed by atoms with van der Waals surface area (Å²) in [5.41, 5.74) is 9.56. The molecule has 0 atom stereocenters. The maximum Gasteiger partial charge on any atom is 0.191 e. The molecule has 0 amide bonds. The Kier molecular flexibility index (Phi) is 8.71. The number of ether oxygens (including phenoxy) is 2. The molecule has 0 aliphatic rings. The van der Waals surface area contributed by atoms with Crippen molar-refractivity contribution in [3.05, 3.63) is 113 Å². The fourth-order valence-electron chi connectivity index (χ4n) is 4.03. The number of hydrogen-bond acceptors (Lipinski definition) is 7. The van der Waals surface area contributed by atoms with Crippen molar-refractivity contribution in [1.29, 1.82) is 0 Å². The Balaban J connectivity index is 0.000000168. The molecule has 0 aliphatic heterocycles. The largest absolute Gasteiger partial charge is 0.497 e. The lowest BCUT2D eigenvalue weighted by atomic mass is 10.1. The van der Waals surface area contributed by atoms with Gasteiger partial charge in [-0.25, -0.2) is 23.4 Å². The van der Waals surface area contributed by atoms with Gasteiger partial charge in [0.1, 0.15) is 21.0 Å². The first-order chi connectivity index (χ1) is 20.4. The molecule has 2 aromatic carbocycles. The van der Waals surface area contributed by atoms with Crippen molar-refractivity contribution in [2.45, 2.75) is 0 Å². The normalized spacial score (nSPS) is 10.6. The van der Waals surface area contributed by atoms with E-state index in [-0.39, 0.29) is 11.6 Å². The fourth-order valence-corrected chi connectivity index (χ4v) is 4.84. The maximum absolute atomic E-state index is 13.8. The van der Waals surface area contributed by atoms with Gasteiger partial charge in [0.25, 0.3) is 0 Å². The molecule has 0 saturated heterocycles. The maximum atomic E-state index is 13.8. The molecule has 2 N–H and O–H groups in total. The quantitative estimate of drug-likeness (QED) is 0.205. The number of nitrogens with zero attached hydrogens (tertiary/aromatic N) is 6. The van der Waals surface area contributed by atoms with Crippen LogP contribution in [-0.2, 0) is 0 Å². The SMILES string of the molecule is COc1ccc(-c2cnn(-c3ncccc3F)c2I)cc1.COc1ccc(-c2cnn(-c3ncccc3F)c2N)cc1. The lowest BCUT2D eigenvalue weighted by Gasteiger charge is -2.06. The first-order valence-corrected chi connectivity index (χ1v) is 13.6. The highest BCUT2D eigenvalue weighted by atomic mass is 127. The Bertz CT molecular complexity index is 1670. The van der Waals surface area contributed by atoms with Crippen LogP contribution in [0.2, 0.25) is 0 Å². The van der Waals surface area contributed by atoms with E-state index < -0.39 is 11.6 Å². The molecule has 0 fully saturated rings. The van der Waals surface area contributed by atoms with Crippen LogP contribution < -0.4 is 15.2 Å². The number of nitrogen functional groups attached to an aromatic ring is 1. The number of rotatable bonds is 6. The number of pyridine rings is 2. The van der Waals surface area contributed by atoms with Crippen LogP contribution in [0.3, 0.4) is 0 Å². The molecule has 6 aromatic rings. The second-order valence-corrected chi connectivity index (χ2v) is 9.71. The molecule has 12 heteroatoms. The fraction of sp³-hybridized carbons (Fsp3) is 0.0667. The highest BCUT2D eigenvalue weighted by Gasteiger charge is 2.16. The number of halogens is 3. The van der Waals surface area contributed by atoms with Gasteiger partial charge < -0.3 is 15.2 Å². The van der Waals surface area contributed by atoms with E-state index in [9.17, 15) is 8.78 Å². The van der Waals surface area contributed by atoms with Gasteiger partial charge in [-0.1, -0.05) is 24.3 Å². The molecule has 0 aliphatic carbocycles. The lowest BCUT2D eigenvalue weighted by molar-refractivity contribution is 0.415. The van der Waals surface area contributed by atoms with Gasteiger partial charge in [-0.15, -0.1) is 0 Å². The average Bonchev–Trinajstić information content (AvgIpc) is 3.60. The summed E-state index contributed by atoms with van der Waals surface area (Å²) in [7, 11) is 3.23. The van der Waals surface area contributed by atoms with Crippen LogP contribution >= 0.6 is 22.6 Å². The van der Waals surface area contributed by atoms with Crippen molar-refractivity contribution >= 4 is 28.4 Å². The molecule has 212 valence electrons. The van der Waals surface area contributed by atoms with Crippen LogP contribution in [-0.4, -0.2) is 43.7 Å². The van der Waals surface area contributed by atoms with Crippen molar-refractivity contribution < 1.29 is 18.3 Å². The van der Waals surface area contributed by atoms with E-state index in [1.54, 1.807) is 38.9 Å². The minimum absolute atomic E-state index is 0.0785. The molecule has 42 heavy (non-hydrogen) atoms. The number of aromatic nitrogens is 6. The smallest absolute Gasteiger partial charge is 0.191 e. The Morgan fingerprint density at radius 2 is 1.12 bits per heavy atom. The third-order valence-corrected chi connectivity index (χ3v) is 7.24. The van der Waals surface area contributed by atoms with Crippen LogP contribution in [0.25, 0.3) is 33.9 Å². The molecule has 0 saturated carbocycles. The summed E-state index contributed by atoms with van der Waals surface area (Å²) in [5, 5.41) is 8.36. The Labute approximate surface area is 253 Å². The van der Waals surface area contributed by atoms with Crippen molar-refractivity contribution in [3.63, 3.8) is 0 Å². The van der Waals surface area contributed by atoms with Crippen LogP contribution in [0.4, 0.5) is 14.6 Å². The van der Waals surface area contributed by atoms with E-state index in [2.05, 4.69) is 42.8 Å². The number of anilines is 1. The minimum atomic E-state index is -0.478. The summed E-state index contributed by atoms with van der Waals surface area (Å²) in [4.78, 5) is 8.01. The van der Waals surface area contributed by atoms with E-state index >= 15 is 0 Å². The Hall–Kier alpha value is -4.85. The predicted octanol–water partition coefficient (Wildman–Crippen LogP) is 6.35. The van der Waals surface area contributed by atoms with Crippen LogP contribution in [0, 0.1) is 15.3 Å². The minimum Gasteiger partial charge on any atom is -0.497 e. The third kappa shape index (κ3) is 5.93. The Morgan fingerprint density at radius 1 is 0.667 bits per heavy atom. The average molecular weight is 679 g/mol. The zero-order chi connectivity index (χ0) is 29.6. The third-order valence-electron chi connectivity index (χ3n) is 6.20. The summed E-state index contributed by atoms with van der Waals surface area (Å²) < 4.78 is 41.4. The predicted molar refractivity (Wildman–Crippen MR) is 164 cm³/mol. The molecule has 0 bridgehead atoms. The summed E-state index contributed by atoms with van der Waals surface area (Å²) in [6.07, 6.45) is 6.33. The standard InChI is InChI=1S/C15H11FIN3O.C15H13FN4O/c2*1-21-11-6-4-10(5-7-11)12-9-19-20(14(12)17)15-13(16)3-2-8-18-15/h2-9H,1H3;2-9H,17H2,1H3. The van der Waals surface area contributed by atoms with Crippen molar-refractivity contribution in [3.8, 4) is 45.4 Å². The lowest BCUT2D eigenvalue weighted by Crippen LogP contribution is -2.06. The van der Waals surface area contributed by atoms with Gasteiger partial charge in [-0.2, -0.15) is 14.9 Å². The molecular formula is C30H24F2IN7O2. The van der Waals surface area contributed by atoms with Crippen LogP contribution in [0.5, 0.6) is 11.5 Å². The summed E-state index contributed by atoms with van der Waals surface area (Å²) in [6.45, 7) is 0. The number of benzene rings is 2. The van der Waals surface area contributed by atoms with E-state index in [4.69, 9.17) is 15.2 Å². The first kappa shape index (κ1) is 28.7. The van der Waals surface area contributed by atoms with Gasteiger partial charge in [0.15, 0.2) is 23.3 Å². The summed E-state index contributed by atoms with van der Waals surface area (Å²) >= 11 is 2.14. The molecular weight excluding hydrogens is 655 g/mol. The number of nitrogens with two attached hydrogens (primary N) is 1. The van der Waals surface area contributed by atoms with E-state index in [0.717, 1.165) is 31.9 Å². The second-order valence-electron chi connectivity index (χ2n) is 8.69. The molecule has 6 rings (SSSR count). The second kappa shape index (κ2) is 12.8. The van der Waals surface area contributed by atoms with Crippen LogP contribution in [0.1, 0.15) is 0 Å². The van der Waals surface area contributed by atoms with E-state index in [0.29, 0.717) is 11.4 Å². The highest BCUT2D eigenvalue weighted by Crippen LogP contribution is 2.30. The number of methoxy groups -OCH3 is 2. The molecule has 0 spiro atoms. The van der Waals surface area contributed by atoms with Gasteiger partial charge in [0.2, 0.25) is 0 Å². The zero-order valence-electron chi connectivity index (χ0n) is 22.4. The van der Waals surface area contributed by atoms with Crippen molar-refractivity contribution in [2.24, 2.45) is 0 Å². The molecule has 4 heterocycles. The van der Waals surface area contributed by atoms with Crippen molar-refractivity contribution in [2.75, 3.05) is 20.0 Å². The summed E-state index contributed by atoms with van der Waals surface area (Å²) in [6, 6.07) is 20.8. The monoisotopic (exact) mass is 679 g/mol. The van der Waals surface area contributed by atoms with E-state index in [1.165, 1.54) is 33.8 Å². The number of hydrogen-bond donors (Lipinski definition) is 1. The van der Waals surface area contributed by atoms with E-state index in [1.807, 2.05) is 48.5 Å². The molecule has 9 nitrogen and oxygen atoms in total. The van der Waals surface area contributed by atoms with Crippen LogP contribution in [0.15, 0.2) is 97.6 Å². The van der Waals surface area contributed by atoms with Gasteiger partial charge in [-0.05, 0) is 82.2 Å².